The van der Waals surface area contributed by atoms with E-state index in [0.29, 0.717) is 6.10 Å². The molecular weight excluding hydrogens is 254 g/mol. The van der Waals surface area contributed by atoms with Crippen molar-refractivity contribution in [1.82, 2.24) is 10.3 Å². The van der Waals surface area contributed by atoms with Crippen molar-refractivity contribution in [2.24, 2.45) is 0 Å². The first-order valence-corrected chi connectivity index (χ1v) is 7.26. The summed E-state index contributed by atoms with van der Waals surface area (Å²) < 4.78 is 10.5. The molecule has 2 heterocycles. The van der Waals surface area contributed by atoms with Crippen molar-refractivity contribution >= 4 is 5.82 Å². The second kappa shape index (κ2) is 8.19. The molecule has 1 fully saturated rings. The van der Waals surface area contributed by atoms with Crippen molar-refractivity contribution in [3.05, 3.63) is 23.9 Å². The average molecular weight is 279 g/mol. The molecule has 2 rings (SSSR count). The third-order valence-electron chi connectivity index (χ3n) is 3.66. The Kier molecular flexibility index (Phi) is 6.24. The lowest BCUT2D eigenvalue weighted by molar-refractivity contribution is 0.0891. The number of aromatic nitrogens is 1. The fourth-order valence-electron chi connectivity index (χ4n) is 2.45. The van der Waals surface area contributed by atoms with Gasteiger partial charge in [-0.1, -0.05) is 6.07 Å². The molecule has 1 aromatic heterocycles. The zero-order chi connectivity index (χ0) is 14.2. The molecule has 0 aromatic carbocycles. The number of nitrogens with one attached hydrogen (secondary N) is 1. The number of anilines is 1. The largest absolute Gasteiger partial charge is 0.383 e. The first-order chi connectivity index (χ1) is 9.83. The van der Waals surface area contributed by atoms with Crippen LogP contribution in [0.4, 0.5) is 5.82 Å². The Hall–Kier alpha value is -1.17. The fourth-order valence-corrected chi connectivity index (χ4v) is 2.45. The highest BCUT2D eigenvalue weighted by Crippen LogP contribution is 2.19. The minimum atomic E-state index is 0.334. The minimum absolute atomic E-state index is 0.334. The first-order valence-electron chi connectivity index (χ1n) is 7.26. The van der Waals surface area contributed by atoms with Crippen LogP contribution in [0.2, 0.25) is 0 Å². The normalized spacial score (nSPS) is 19.3. The summed E-state index contributed by atoms with van der Waals surface area (Å²) in [5.74, 6) is 1.05. The van der Waals surface area contributed by atoms with Crippen LogP contribution in [-0.4, -0.2) is 51.5 Å². The highest BCUT2D eigenvalue weighted by Gasteiger charge is 2.20. The summed E-state index contributed by atoms with van der Waals surface area (Å²) >= 11 is 0. The molecule has 1 aliphatic rings. The predicted octanol–water partition coefficient (Wildman–Crippen LogP) is 1.43. The number of hydrogen-bond acceptors (Lipinski definition) is 5. The number of ether oxygens (including phenoxy) is 2. The lowest BCUT2D eigenvalue weighted by atomic mass is 10.1. The second-order valence-electron chi connectivity index (χ2n) is 5.14. The quantitative estimate of drug-likeness (QED) is 0.765. The third kappa shape index (κ3) is 4.44. The molecule has 0 aliphatic carbocycles. The van der Waals surface area contributed by atoms with Crippen molar-refractivity contribution in [2.75, 3.05) is 45.4 Å². The van der Waals surface area contributed by atoms with E-state index < -0.39 is 0 Å². The average Bonchev–Trinajstić information content (AvgIpc) is 2.52. The molecule has 1 aliphatic heterocycles. The van der Waals surface area contributed by atoms with Gasteiger partial charge in [0.1, 0.15) is 5.82 Å². The van der Waals surface area contributed by atoms with Gasteiger partial charge in [-0.05, 0) is 24.5 Å². The van der Waals surface area contributed by atoms with Crippen LogP contribution in [0.1, 0.15) is 18.4 Å². The topological polar surface area (TPSA) is 46.6 Å². The van der Waals surface area contributed by atoms with Gasteiger partial charge in [-0.15, -0.1) is 0 Å². The minimum Gasteiger partial charge on any atom is -0.383 e. The third-order valence-corrected chi connectivity index (χ3v) is 3.66. The van der Waals surface area contributed by atoms with Crippen LogP contribution < -0.4 is 10.2 Å². The summed E-state index contributed by atoms with van der Waals surface area (Å²) in [6.07, 6.45) is 4.60. The molecule has 1 saturated heterocycles. The summed E-state index contributed by atoms with van der Waals surface area (Å²) in [6.45, 7) is 4.43. The van der Waals surface area contributed by atoms with E-state index in [0.717, 1.165) is 45.0 Å². The Balaban J connectivity index is 1.84. The predicted molar refractivity (Wildman–Crippen MR) is 80.1 cm³/mol. The number of rotatable bonds is 7. The molecule has 0 spiro atoms. The van der Waals surface area contributed by atoms with Gasteiger partial charge < -0.3 is 19.7 Å². The van der Waals surface area contributed by atoms with Crippen LogP contribution in [0, 0.1) is 0 Å². The molecule has 112 valence electrons. The maximum Gasteiger partial charge on any atom is 0.128 e. The van der Waals surface area contributed by atoms with Crippen molar-refractivity contribution in [2.45, 2.75) is 25.5 Å². The first kappa shape index (κ1) is 15.2. The maximum absolute atomic E-state index is 5.45. The number of pyridine rings is 1. The van der Waals surface area contributed by atoms with Gasteiger partial charge in [-0.2, -0.15) is 0 Å². The van der Waals surface area contributed by atoms with Crippen molar-refractivity contribution < 1.29 is 9.47 Å². The van der Waals surface area contributed by atoms with Gasteiger partial charge in [-0.3, -0.25) is 0 Å². The smallest absolute Gasteiger partial charge is 0.128 e. The fraction of sp³-hybridized carbons (Fsp3) is 0.667. The van der Waals surface area contributed by atoms with Crippen LogP contribution in [0.3, 0.4) is 0 Å². The molecule has 1 N–H and O–H groups in total. The molecule has 5 heteroatoms. The van der Waals surface area contributed by atoms with Crippen LogP contribution in [0.25, 0.3) is 0 Å². The monoisotopic (exact) mass is 279 g/mol. The molecule has 20 heavy (non-hydrogen) atoms. The van der Waals surface area contributed by atoms with E-state index in [9.17, 15) is 0 Å². The van der Waals surface area contributed by atoms with Gasteiger partial charge in [0, 0.05) is 46.6 Å². The molecule has 1 aromatic rings. The number of nitrogens with zero attached hydrogens (tertiary/aromatic N) is 2. The van der Waals surface area contributed by atoms with E-state index in [2.05, 4.69) is 27.3 Å². The van der Waals surface area contributed by atoms with E-state index in [1.165, 1.54) is 12.0 Å². The van der Waals surface area contributed by atoms with Crippen molar-refractivity contribution in [3.63, 3.8) is 0 Å². The van der Waals surface area contributed by atoms with Gasteiger partial charge in [0.25, 0.3) is 0 Å². The van der Waals surface area contributed by atoms with Gasteiger partial charge in [-0.25, -0.2) is 4.98 Å². The van der Waals surface area contributed by atoms with Crippen molar-refractivity contribution in [1.29, 1.82) is 0 Å². The molecule has 1 unspecified atom stereocenters. The Morgan fingerprint density at radius 2 is 2.30 bits per heavy atom. The summed E-state index contributed by atoms with van der Waals surface area (Å²) in [4.78, 5) is 6.87. The van der Waals surface area contributed by atoms with Crippen LogP contribution in [0.15, 0.2) is 18.3 Å². The highest BCUT2D eigenvalue weighted by atomic mass is 16.5. The van der Waals surface area contributed by atoms with E-state index in [4.69, 9.17) is 9.47 Å². The summed E-state index contributed by atoms with van der Waals surface area (Å²) in [6, 6.07) is 4.24. The zero-order valence-electron chi connectivity index (χ0n) is 12.5. The van der Waals surface area contributed by atoms with Gasteiger partial charge in [0.05, 0.1) is 12.7 Å². The second-order valence-corrected chi connectivity index (χ2v) is 5.14. The number of hydrogen-bond donors (Lipinski definition) is 1. The van der Waals surface area contributed by atoms with E-state index in [1.807, 2.05) is 6.20 Å². The zero-order valence-corrected chi connectivity index (χ0v) is 12.5. The SMILES string of the molecule is COCCNCc1ccc(N2CCCC(OC)C2)nc1. The summed E-state index contributed by atoms with van der Waals surface area (Å²) in [5, 5.41) is 3.32. The Labute approximate surface area is 121 Å². The molecular formula is C15H25N3O2. The summed E-state index contributed by atoms with van der Waals surface area (Å²) in [5.41, 5.74) is 1.20. The van der Waals surface area contributed by atoms with Crippen LogP contribution >= 0.6 is 0 Å². The van der Waals surface area contributed by atoms with E-state index in [-0.39, 0.29) is 0 Å². The molecule has 0 bridgehead atoms. The van der Waals surface area contributed by atoms with Gasteiger partial charge >= 0.3 is 0 Å². The molecule has 0 saturated carbocycles. The van der Waals surface area contributed by atoms with Gasteiger partial charge in [0.15, 0.2) is 0 Å². The Morgan fingerprint density at radius 3 is 3.00 bits per heavy atom. The Morgan fingerprint density at radius 1 is 1.40 bits per heavy atom. The summed E-state index contributed by atoms with van der Waals surface area (Å²) in [7, 11) is 3.50. The number of piperidine rings is 1. The van der Waals surface area contributed by atoms with E-state index >= 15 is 0 Å². The maximum atomic E-state index is 5.45. The van der Waals surface area contributed by atoms with Gasteiger partial charge in [0.2, 0.25) is 0 Å². The number of methoxy groups -OCH3 is 2. The lowest BCUT2D eigenvalue weighted by Crippen LogP contribution is -2.39. The lowest BCUT2D eigenvalue weighted by Gasteiger charge is -2.32. The van der Waals surface area contributed by atoms with Crippen LogP contribution in [-0.2, 0) is 16.0 Å². The van der Waals surface area contributed by atoms with E-state index in [1.54, 1.807) is 14.2 Å². The standard InChI is InChI=1S/C15H25N3O2/c1-19-9-7-16-10-13-5-6-15(17-11-13)18-8-3-4-14(12-18)20-2/h5-6,11,14,16H,3-4,7-10,12H2,1-2H3. The van der Waals surface area contributed by atoms with Crippen molar-refractivity contribution in [3.8, 4) is 0 Å². The molecule has 0 radical (unpaired) electrons. The molecule has 0 amide bonds. The molecule has 1 atom stereocenters. The Bertz CT molecular complexity index is 383. The van der Waals surface area contributed by atoms with Crippen LogP contribution in [0.5, 0.6) is 0 Å². The highest BCUT2D eigenvalue weighted by molar-refractivity contribution is 5.40. The molecule has 5 nitrogen and oxygen atoms in total.